The number of carbonyl (C=O) groups excluding carboxylic acids is 1. The summed E-state index contributed by atoms with van der Waals surface area (Å²) in [5.74, 6) is 0.0360. The molecule has 2 aromatic carbocycles. The van der Waals surface area contributed by atoms with Gasteiger partial charge in [0, 0.05) is 5.56 Å². The van der Waals surface area contributed by atoms with E-state index < -0.39 is 18.7 Å². The lowest BCUT2D eigenvalue weighted by molar-refractivity contribution is -0.153. The van der Waals surface area contributed by atoms with Gasteiger partial charge in [-0.2, -0.15) is 13.2 Å². The maximum absolute atomic E-state index is 12.4. The van der Waals surface area contributed by atoms with Crippen molar-refractivity contribution in [3.05, 3.63) is 53.1 Å². The highest BCUT2D eigenvalue weighted by molar-refractivity contribution is 6.05. The standard InChI is InChI=1S/C18H18F3NO3/c1-11-4-7-14(16(8-11)25-10-18(19,20)21)22-17(23)13-6-5-12(2)15(9-13)24-3/h4-9H,10H2,1-3H3,(H,22,23). The summed E-state index contributed by atoms with van der Waals surface area (Å²) in [5.41, 5.74) is 2.07. The van der Waals surface area contributed by atoms with E-state index in [1.54, 1.807) is 31.2 Å². The first-order chi connectivity index (χ1) is 11.7. The van der Waals surface area contributed by atoms with E-state index in [0.29, 0.717) is 16.9 Å². The molecule has 0 aliphatic carbocycles. The molecule has 1 N–H and O–H groups in total. The van der Waals surface area contributed by atoms with Crippen LogP contribution < -0.4 is 14.8 Å². The summed E-state index contributed by atoms with van der Waals surface area (Å²) < 4.78 is 47.2. The molecule has 2 aromatic rings. The van der Waals surface area contributed by atoms with Crippen LogP contribution in [0.5, 0.6) is 11.5 Å². The number of hydrogen-bond acceptors (Lipinski definition) is 3. The highest BCUT2D eigenvalue weighted by Gasteiger charge is 2.29. The Morgan fingerprint density at radius 3 is 2.44 bits per heavy atom. The zero-order valence-electron chi connectivity index (χ0n) is 14.0. The number of carbonyl (C=O) groups is 1. The number of alkyl halides is 3. The molecule has 0 spiro atoms. The molecular formula is C18H18F3NO3. The van der Waals surface area contributed by atoms with E-state index in [9.17, 15) is 18.0 Å². The molecule has 134 valence electrons. The molecule has 0 unspecified atom stereocenters. The Labute approximate surface area is 143 Å². The van der Waals surface area contributed by atoms with Crippen LogP contribution in [-0.4, -0.2) is 25.8 Å². The number of anilines is 1. The third-order valence-electron chi connectivity index (χ3n) is 3.45. The molecule has 0 heterocycles. The van der Waals surface area contributed by atoms with Crippen LogP contribution >= 0.6 is 0 Å². The maximum atomic E-state index is 12.4. The summed E-state index contributed by atoms with van der Waals surface area (Å²) in [6.07, 6.45) is -4.46. The lowest BCUT2D eigenvalue weighted by Gasteiger charge is -2.15. The number of amides is 1. The fourth-order valence-corrected chi connectivity index (χ4v) is 2.17. The Hall–Kier alpha value is -2.70. The molecule has 0 aliphatic heterocycles. The van der Waals surface area contributed by atoms with Gasteiger partial charge in [0.2, 0.25) is 0 Å². The first kappa shape index (κ1) is 18.6. The second kappa shape index (κ2) is 7.46. The minimum Gasteiger partial charge on any atom is -0.496 e. The van der Waals surface area contributed by atoms with Crippen molar-refractivity contribution in [3.63, 3.8) is 0 Å². The van der Waals surface area contributed by atoms with Gasteiger partial charge in [0.1, 0.15) is 11.5 Å². The number of ether oxygens (including phenoxy) is 2. The second-order valence-electron chi connectivity index (χ2n) is 5.54. The Bertz CT molecular complexity index is 773. The number of methoxy groups -OCH3 is 1. The number of rotatable bonds is 5. The predicted molar refractivity (Wildman–Crippen MR) is 88.4 cm³/mol. The van der Waals surface area contributed by atoms with E-state index in [-0.39, 0.29) is 11.4 Å². The highest BCUT2D eigenvalue weighted by atomic mass is 19.4. The molecule has 0 saturated heterocycles. The van der Waals surface area contributed by atoms with E-state index >= 15 is 0 Å². The van der Waals surface area contributed by atoms with Gasteiger partial charge in [0.15, 0.2) is 6.61 Å². The number of benzene rings is 2. The van der Waals surface area contributed by atoms with Crippen molar-refractivity contribution in [2.24, 2.45) is 0 Å². The highest BCUT2D eigenvalue weighted by Crippen LogP contribution is 2.29. The van der Waals surface area contributed by atoms with Crippen LogP contribution in [0.4, 0.5) is 18.9 Å². The zero-order chi connectivity index (χ0) is 18.6. The smallest absolute Gasteiger partial charge is 0.422 e. The van der Waals surface area contributed by atoms with Crippen LogP contribution in [0, 0.1) is 13.8 Å². The van der Waals surface area contributed by atoms with Crippen LogP contribution in [0.3, 0.4) is 0 Å². The molecule has 0 atom stereocenters. The third kappa shape index (κ3) is 5.14. The molecule has 0 aliphatic rings. The quantitative estimate of drug-likeness (QED) is 0.861. The summed E-state index contributed by atoms with van der Waals surface area (Å²) in [4.78, 5) is 12.4. The van der Waals surface area contributed by atoms with Crippen molar-refractivity contribution < 1.29 is 27.4 Å². The van der Waals surface area contributed by atoms with Crippen molar-refractivity contribution in [2.75, 3.05) is 19.0 Å². The minimum atomic E-state index is -4.46. The molecular weight excluding hydrogens is 335 g/mol. The average molecular weight is 353 g/mol. The van der Waals surface area contributed by atoms with E-state index in [0.717, 1.165) is 5.56 Å². The van der Waals surface area contributed by atoms with Crippen molar-refractivity contribution in [1.29, 1.82) is 0 Å². The van der Waals surface area contributed by atoms with Crippen LogP contribution in [-0.2, 0) is 0 Å². The second-order valence-corrected chi connectivity index (χ2v) is 5.54. The Morgan fingerprint density at radius 2 is 1.80 bits per heavy atom. The largest absolute Gasteiger partial charge is 0.496 e. The van der Waals surface area contributed by atoms with Gasteiger partial charge in [0.25, 0.3) is 5.91 Å². The monoisotopic (exact) mass is 353 g/mol. The Balaban J connectivity index is 2.23. The number of aryl methyl sites for hydroxylation is 2. The van der Waals surface area contributed by atoms with Crippen molar-refractivity contribution in [1.82, 2.24) is 0 Å². The van der Waals surface area contributed by atoms with Gasteiger partial charge in [-0.1, -0.05) is 12.1 Å². The first-order valence-electron chi connectivity index (χ1n) is 7.46. The number of nitrogens with one attached hydrogen (secondary N) is 1. The van der Waals surface area contributed by atoms with Crippen molar-refractivity contribution >= 4 is 11.6 Å². The number of hydrogen-bond donors (Lipinski definition) is 1. The normalized spacial score (nSPS) is 11.1. The molecule has 2 rings (SSSR count). The van der Waals surface area contributed by atoms with Gasteiger partial charge in [-0.15, -0.1) is 0 Å². The molecule has 1 amide bonds. The summed E-state index contributed by atoms with van der Waals surface area (Å²) in [6, 6.07) is 9.52. The summed E-state index contributed by atoms with van der Waals surface area (Å²) in [5, 5.41) is 2.57. The molecule has 0 fully saturated rings. The van der Waals surface area contributed by atoms with E-state index in [1.165, 1.54) is 19.2 Å². The fourth-order valence-electron chi connectivity index (χ4n) is 2.17. The van der Waals surface area contributed by atoms with Crippen LogP contribution in [0.15, 0.2) is 36.4 Å². The first-order valence-corrected chi connectivity index (χ1v) is 7.46. The van der Waals surface area contributed by atoms with E-state index in [4.69, 9.17) is 9.47 Å². The van der Waals surface area contributed by atoms with Gasteiger partial charge in [0.05, 0.1) is 12.8 Å². The summed E-state index contributed by atoms with van der Waals surface area (Å²) in [6.45, 7) is 2.12. The predicted octanol–water partition coefficient (Wildman–Crippen LogP) is 4.51. The summed E-state index contributed by atoms with van der Waals surface area (Å²) >= 11 is 0. The van der Waals surface area contributed by atoms with Gasteiger partial charge in [-0.3, -0.25) is 4.79 Å². The third-order valence-corrected chi connectivity index (χ3v) is 3.45. The van der Waals surface area contributed by atoms with Crippen molar-refractivity contribution in [3.8, 4) is 11.5 Å². The molecule has 0 saturated carbocycles. The van der Waals surface area contributed by atoms with Gasteiger partial charge in [-0.05, 0) is 49.2 Å². The van der Waals surface area contributed by atoms with E-state index in [1.807, 2.05) is 6.92 Å². The van der Waals surface area contributed by atoms with Gasteiger partial charge < -0.3 is 14.8 Å². The molecule has 0 bridgehead atoms. The zero-order valence-corrected chi connectivity index (χ0v) is 14.0. The topological polar surface area (TPSA) is 47.6 Å². The number of halogens is 3. The lowest BCUT2D eigenvalue weighted by Crippen LogP contribution is -2.20. The summed E-state index contributed by atoms with van der Waals surface area (Å²) in [7, 11) is 1.49. The average Bonchev–Trinajstić information content (AvgIpc) is 2.54. The minimum absolute atomic E-state index is 0.0373. The Kier molecular flexibility index (Phi) is 5.56. The van der Waals surface area contributed by atoms with Gasteiger partial charge in [-0.25, -0.2) is 0 Å². The maximum Gasteiger partial charge on any atom is 0.422 e. The molecule has 0 radical (unpaired) electrons. The molecule has 25 heavy (non-hydrogen) atoms. The molecule has 0 aromatic heterocycles. The lowest BCUT2D eigenvalue weighted by atomic mass is 10.1. The van der Waals surface area contributed by atoms with Crippen LogP contribution in [0.1, 0.15) is 21.5 Å². The Morgan fingerprint density at radius 1 is 1.08 bits per heavy atom. The molecule has 7 heteroatoms. The van der Waals surface area contributed by atoms with E-state index in [2.05, 4.69) is 5.32 Å². The fraction of sp³-hybridized carbons (Fsp3) is 0.278. The van der Waals surface area contributed by atoms with Gasteiger partial charge >= 0.3 is 6.18 Å². The van der Waals surface area contributed by atoms with Crippen molar-refractivity contribution in [2.45, 2.75) is 20.0 Å². The molecule has 4 nitrogen and oxygen atoms in total. The van der Waals surface area contributed by atoms with Crippen LogP contribution in [0.25, 0.3) is 0 Å². The SMILES string of the molecule is COc1cc(C(=O)Nc2ccc(C)cc2OCC(F)(F)F)ccc1C. The van der Waals surface area contributed by atoms with Crippen LogP contribution in [0.2, 0.25) is 0 Å².